The van der Waals surface area contributed by atoms with Gasteiger partial charge in [0, 0.05) is 19.0 Å². The lowest BCUT2D eigenvalue weighted by Crippen LogP contribution is -2.34. The standard InChI is InChI=1S/C10H13FN2O2S/c11-10-4-2-1-3-9(10)8-5-6-13(7-8)16(12,14)15/h1-4,8H,5-7H2,(H2,12,14,15). The van der Waals surface area contributed by atoms with E-state index in [1.165, 1.54) is 10.4 Å². The predicted octanol–water partition coefficient (Wildman–Crippen LogP) is 0.819. The minimum Gasteiger partial charge on any atom is -0.216 e. The Morgan fingerprint density at radius 3 is 2.62 bits per heavy atom. The molecule has 0 radical (unpaired) electrons. The number of hydrogen-bond acceptors (Lipinski definition) is 2. The van der Waals surface area contributed by atoms with Gasteiger partial charge in [-0.15, -0.1) is 0 Å². The van der Waals surface area contributed by atoms with Crippen LogP contribution >= 0.6 is 0 Å². The molecule has 0 aliphatic carbocycles. The quantitative estimate of drug-likeness (QED) is 0.837. The Morgan fingerprint density at radius 1 is 1.38 bits per heavy atom. The summed E-state index contributed by atoms with van der Waals surface area (Å²) in [7, 11) is -3.65. The van der Waals surface area contributed by atoms with Gasteiger partial charge in [0.2, 0.25) is 0 Å². The molecule has 1 heterocycles. The van der Waals surface area contributed by atoms with Crippen LogP contribution in [0.15, 0.2) is 24.3 Å². The normalized spacial score (nSPS) is 22.5. The number of nitrogens with two attached hydrogens (primary N) is 1. The monoisotopic (exact) mass is 244 g/mol. The van der Waals surface area contributed by atoms with Crippen LogP contribution < -0.4 is 5.14 Å². The zero-order valence-electron chi connectivity index (χ0n) is 8.64. The predicted molar refractivity (Wildman–Crippen MR) is 58.4 cm³/mol. The summed E-state index contributed by atoms with van der Waals surface area (Å²) in [6.45, 7) is 0.623. The third-order valence-corrected chi connectivity index (χ3v) is 3.91. The summed E-state index contributed by atoms with van der Waals surface area (Å²) >= 11 is 0. The molecule has 1 atom stereocenters. The topological polar surface area (TPSA) is 63.4 Å². The molecule has 4 nitrogen and oxygen atoms in total. The molecular weight excluding hydrogens is 231 g/mol. The number of halogens is 1. The third kappa shape index (κ3) is 2.23. The van der Waals surface area contributed by atoms with Crippen molar-refractivity contribution in [1.82, 2.24) is 4.31 Å². The largest absolute Gasteiger partial charge is 0.276 e. The minimum atomic E-state index is -3.65. The SMILES string of the molecule is NS(=O)(=O)N1CCC(c2ccccc2F)C1. The summed E-state index contributed by atoms with van der Waals surface area (Å²) in [5, 5.41) is 5.02. The first-order valence-corrected chi connectivity index (χ1v) is 6.51. The van der Waals surface area contributed by atoms with Gasteiger partial charge in [0.1, 0.15) is 5.82 Å². The summed E-state index contributed by atoms with van der Waals surface area (Å²) in [6.07, 6.45) is 0.608. The molecule has 1 aliphatic rings. The Kier molecular flexibility index (Phi) is 2.96. The van der Waals surface area contributed by atoms with Crippen molar-refractivity contribution in [3.05, 3.63) is 35.6 Å². The zero-order chi connectivity index (χ0) is 11.8. The average Bonchev–Trinajstić information content (AvgIpc) is 2.66. The van der Waals surface area contributed by atoms with Crippen molar-refractivity contribution < 1.29 is 12.8 Å². The van der Waals surface area contributed by atoms with E-state index in [0.717, 1.165) is 0 Å². The van der Waals surface area contributed by atoms with E-state index in [0.29, 0.717) is 18.5 Å². The number of benzene rings is 1. The first-order valence-electron chi connectivity index (χ1n) is 5.01. The van der Waals surface area contributed by atoms with Gasteiger partial charge in [-0.05, 0) is 18.1 Å². The smallest absolute Gasteiger partial charge is 0.216 e. The second-order valence-electron chi connectivity index (χ2n) is 3.91. The molecule has 1 saturated heterocycles. The summed E-state index contributed by atoms with van der Waals surface area (Å²) in [5.41, 5.74) is 0.564. The van der Waals surface area contributed by atoms with Crippen molar-refractivity contribution in [2.24, 2.45) is 5.14 Å². The lowest BCUT2D eigenvalue weighted by atomic mass is 9.98. The number of rotatable bonds is 2. The van der Waals surface area contributed by atoms with Gasteiger partial charge in [0.05, 0.1) is 0 Å². The van der Waals surface area contributed by atoms with E-state index >= 15 is 0 Å². The molecule has 0 bridgehead atoms. The van der Waals surface area contributed by atoms with E-state index in [1.54, 1.807) is 18.2 Å². The van der Waals surface area contributed by atoms with Gasteiger partial charge in [-0.25, -0.2) is 9.53 Å². The maximum absolute atomic E-state index is 13.5. The molecule has 1 fully saturated rings. The Morgan fingerprint density at radius 2 is 2.06 bits per heavy atom. The van der Waals surface area contributed by atoms with E-state index in [4.69, 9.17) is 5.14 Å². The molecule has 2 rings (SSSR count). The second kappa shape index (κ2) is 4.12. The molecule has 0 saturated carbocycles. The van der Waals surface area contributed by atoms with Crippen LogP contribution in [0.4, 0.5) is 4.39 Å². The van der Waals surface area contributed by atoms with Crippen LogP contribution in [-0.4, -0.2) is 25.8 Å². The van der Waals surface area contributed by atoms with Gasteiger partial charge in [0.15, 0.2) is 0 Å². The third-order valence-electron chi connectivity index (χ3n) is 2.86. The van der Waals surface area contributed by atoms with Crippen molar-refractivity contribution >= 4 is 10.2 Å². The molecule has 1 aromatic carbocycles. The van der Waals surface area contributed by atoms with Gasteiger partial charge >= 0.3 is 0 Å². The molecule has 1 aliphatic heterocycles. The maximum atomic E-state index is 13.5. The summed E-state index contributed by atoms with van der Waals surface area (Å²) in [6, 6.07) is 6.44. The lowest BCUT2D eigenvalue weighted by molar-refractivity contribution is 0.472. The van der Waals surface area contributed by atoms with E-state index in [9.17, 15) is 12.8 Å². The number of hydrogen-bond donors (Lipinski definition) is 1. The molecule has 88 valence electrons. The van der Waals surface area contributed by atoms with Gasteiger partial charge in [-0.3, -0.25) is 0 Å². The number of nitrogens with zero attached hydrogens (tertiary/aromatic N) is 1. The van der Waals surface area contributed by atoms with Crippen molar-refractivity contribution in [2.75, 3.05) is 13.1 Å². The molecule has 0 spiro atoms. The minimum absolute atomic E-state index is 0.0977. The molecule has 2 N–H and O–H groups in total. The van der Waals surface area contributed by atoms with Crippen LogP contribution in [0.5, 0.6) is 0 Å². The highest BCUT2D eigenvalue weighted by atomic mass is 32.2. The maximum Gasteiger partial charge on any atom is 0.276 e. The van der Waals surface area contributed by atoms with Gasteiger partial charge in [0.25, 0.3) is 10.2 Å². The fraction of sp³-hybridized carbons (Fsp3) is 0.400. The van der Waals surface area contributed by atoms with Crippen molar-refractivity contribution in [3.8, 4) is 0 Å². The van der Waals surface area contributed by atoms with Crippen molar-refractivity contribution in [3.63, 3.8) is 0 Å². The van der Waals surface area contributed by atoms with Crippen LogP contribution in [0.25, 0.3) is 0 Å². The fourth-order valence-electron chi connectivity index (χ4n) is 2.02. The summed E-state index contributed by atoms with van der Waals surface area (Å²) in [5.74, 6) is -0.386. The highest BCUT2D eigenvalue weighted by molar-refractivity contribution is 7.86. The summed E-state index contributed by atoms with van der Waals surface area (Å²) < 4.78 is 36.9. The molecule has 0 aromatic heterocycles. The van der Waals surface area contributed by atoms with E-state index in [1.807, 2.05) is 0 Å². The fourth-order valence-corrected chi connectivity index (χ4v) is 2.77. The molecule has 1 aromatic rings. The van der Waals surface area contributed by atoms with E-state index in [-0.39, 0.29) is 18.3 Å². The highest BCUT2D eigenvalue weighted by Gasteiger charge is 2.30. The average molecular weight is 244 g/mol. The van der Waals surface area contributed by atoms with Gasteiger partial charge in [-0.1, -0.05) is 18.2 Å². The van der Waals surface area contributed by atoms with Crippen molar-refractivity contribution in [1.29, 1.82) is 0 Å². The zero-order valence-corrected chi connectivity index (χ0v) is 9.45. The Labute approximate surface area is 94.0 Å². The molecule has 1 unspecified atom stereocenters. The second-order valence-corrected chi connectivity index (χ2v) is 5.46. The van der Waals surface area contributed by atoms with Crippen LogP contribution in [0.2, 0.25) is 0 Å². The lowest BCUT2D eigenvalue weighted by Gasteiger charge is -2.13. The summed E-state index contributed by atoms with van der Waals surface area (Å²) in [4.78, 5) is 0. The van der Waals surface area contributed by atoms with E-state index < -0.39 is 10.2 Å². The first kappa shape index (κ1) is 11.5. The molecule has 6 heteroatoms. The van der Waals surface area contributed by atoms with Crippen molar-refractivity contribution in [2.45, 2.75) is 12.3 Å². The van der Waals surface area contributed by atoms with Crippen LogP contribution in [-0.2, 0) is 10.2 Å². The molecule has 16 heavy (non-hydrogen) atoms. The Hall–Kier alpha value is -0.980. The molecular formula is C10H13FN2O2S. The van der Waals surface area contributed by atoms with Gasteiger partial charge < -0.3 is 0 Å². The van der Waals surface area contributed by atoms with E-state index in [2.05, 4.69) is 0 Å². The Bertz CT molecular complexity index is 489. The highest BCUT2D eigenvalue weighted by Crippen LogP contribution is 2.29. The van der Waals surface area contributed by atoms with Gasteiger partial charge in [-0.2, -0.15) is 12.7 Å². The van der Waals surface area contributed by atoms with Crippen LogP contribution in [0, 0.1) is 5.82 Å². The molecule has 0 amide bonds. The first-order chi connectivity index (χ1) is 7.48. The van der Waals surface area contributed by atoms with Crippen LogP contribution in [0.1, 0.15) is 17.9 Å². The van der Waals surface area contributed by atoms with Crippen LogP contribution in [0.3, 0.4) is 0 Å². The Balaban J connectivity index is 2.19.